The van der Waals surface area contributed by atoms with E-state index >= 15 is 0 Å². The molecule has 3 rings (SSSR count). The number of halogens is 1. The standard InChI is InChI=1S/C19H18ClNO3S/c1-13-17(20)10-5-11-19(13)25(23,24)21-12-18(22)16-9-4-7-14-6-2-3-8-15(14)16/h2-11,18,21-22H,12H2,1H3. The second-order valence-corrected chi connectivity index (χ2v) is 7.94. The maximum absolute atomic E-state index is 12.5. The van der Waals surface area contributed by atoms with Crippen LogP contribution in [-0.4, -0.2) is 20.1 Å². The largest absolute Gasteiger partial charge is 0.387 e. The number of benzene rings is 3. The molecule has 0 spiro atoms. The summed E-state index contributed by atoms with van der Waals surface area (Å²) in [5, 5.41) is 12.8. The van der Waals surface area contributed by atoms with Crippen molar-refractivity contribution in [1.82, 2.24) is 4.72 Å². The van der Waals surface area contributed by atoms with E-state index in [-0.39, 0.29) is 11.4 Å². The average Bonchev–Trinajstić information content (AvgIpc) is 2.61. The Bertz CT molecular complexity index is 1010. The number of hydrogen-bond acceptors (Lipinski definition) is 3. The van der Waals surface area contributed by atoms with Crippen LogP contribution in [0.4, 0.5) is 0 Å². The Balaban J connectivity index is 1.84. The van der Waals surface area contributed by atoms with Crippen LogP contribution in [0.1, 0.15) is 17.2 Å². The minimum Gasteiger partial charge on any atom is -0.387 e. The zero-order chi connectivity index (χ0) is 18.0. The summed E-state index contributed by atoms with van der Waals surface area (Å²) in [6.07, 6.45) is -0.958. The monoisotopic (exact) mass is 375 g/mol. The van der Waals surface area contributed by atoms with Crippen molar-refractivity contribution >= 4 is 32.4 Å². The van der Waals surface area contributed by atoms with Crippen LogP contribution in [0.25, 0.3) is 10.8 Å². The number of hydrogen-bond donors (Lipinski definition) is 2. The van der Waals surface area contributed by atoms with Gasteiger partial charge in [0.1, 0.15) is 0 Å². The molecule has 0 saturated carbocycles. The van der Waals surface area contributed by atoms with Gasteiger partial charge in [0.15, 0.2) is 0 Å². The van der Waals surface area contributed by atoms with Crippen molar-refractivity contribution < 1.29 is 13.5 Å². The Morgan fingerprint density at radius 3 is 2.52 bits per heavy atom. The molecule has 1 atom stereocenters. The fourth-order valence-corrected chi connectivity index (χ4v) is 4.33. The molecule has 4 nitrogen and oxygen atoms in total. The minimum atomic E-state index is -3.76. The zero-order valence-electron chi connectivity index (χ0n) is 13.6. The molecule has 0 aliphatic heterocycles. The molecule has 3 aromatic rings. The van der Waals surface area contributed by atoms with Gasteiger partial charge in [0, 0.05) is 11.6 Å². The fourth-order valence-electron chi connectivity index (χ4n) is 2.80. The first-order chi connectivity index (χ1) is 11.9. The van der Waals surface area contributed by atoms with Crippen LogP contribution in [0, 0.1) is 6.92 Å². The highest BCUT2D eigenvalue weighted by Gasteiger charge is 2.20. The Morgan fingerprint density at radius 2 is 1.72 bits per heavy atom. The lowest BCUT2D eigenvalue weighted by Gasteiger charge is -2.16. The van der Waals surface area contributed by atoms with Gasteiger partial charge in [-0.2, -0.15) is 0 Å². The van der Waals surface area contributed by atoms with E-state index in [1.807, 2.05) is 36.4 Å². The number of rotatable bonds is 5. The van der Waals surface area contributed by atoms with E-state index in [2.05, 4.69) is 4.72 Å². The van der Waals surface area contributed by atoms with Gasteiger partial charge in [0.2, 0.25) is 10.0 Å². The Kier molecular flexibility index (Phi) is 5.11. The van der Waals surface area contributed by atoms with Gasteiger partial charge in [-0.15, -0.1) is 0 Å². The number of nitrogens with one attached hydrogen (secondary N) is 1. The molecule has 0 aliphatic carbocycles. The van der Waals surface area contributed by atoms with Crippen molar-refractivity contribution in [3.8, 4) is 0 Å². The Labute approximate surface area is 152 Å². The number of fused-ring (bicyclic) bond motifs is 1. The Hall–Kier alpha value is -1.92. The van der Waals surface area contributed by atoms with Crippen LogP contribution in [-0.2, 0) is 10.0 Å². The summed E-state index contributed by atoms with van der Waals surface area (Å²) in [4.78, 5) is 0.116. The molecule has 0 aromatic heterocycles. The second-order valence-electron chi connectivity index (χ2n) is 5.80. The first-order valence-corrected chi connectivity index (χ1v) is 9.67. The summed E-state index contributed by atoms with van der Waals surface area (Å²) in [7, 11) is -3.76. The molecule has 0 amide bonds. The van der Waals surface area contributed by atoms with E-state index in [1.54, 1.807) is 25.1 Å². The van der Waals surface area contributed by atoms with Crippen molar-refractivity contribution in [1.29, 1.82) is 0 Å². The summed E-state index contributed by atoms with van der Waals surface area (Å²) in [6.45, 7) is 1.53. The van der Waals surface area contributed by atoms with Gasteiger partial charge in [-0.3, -0.25) is 0 Å². The van der Waals surface area contributed by atoms with E-state index in [4.69, 9.17) is 11.6 Å². The lowest BCUT2D eigenvalue weighted by molar-refractivity contribution is 0.183. The van der Waals surface area contributed by atoms with Gasteiger partial charge in [0.05, 0.1) is 11.0 Å². The maximum Gasteiger partial charge on any atom is 0.240 e. The third-order valence-electron chi connectivity index (χ3n) is 4.16. The second kappa shape index (κ2) is 7.14. The predicted octanol–water partition coefficient (Wildman–Crippen LogP) is 3.81. The van der Waals surface area contributed by atoms with Gasteiger partial charge >= 0.3 is 0 Å². The molecule has 2 N–H and O–H groups in total. The molecule has 0 bridgehead atoms. The lowest BCUT2D eigenvalue weighted by atomic mass is 10.0. The van der Waals surface area contributed by atoms with Gasteiger partial charge in [-0.1, -0.05) is 60.1 Å². The van der Waals surface area contributed by atoms with Crippen LogP contribution in [0.3, 0.4) is 0 Å². The number of sulfonamides is 1. The summed E-state index contributed by atoms with van der Waals surface area (Å²) < 4.78 is 27.5. The molecule has 0 heterocycles. The van der Waals surface area contributed by atoms with Gasteiger partial charge in [-0.25, -0.2) is 13.1 Å². The van der Waals surface area contributed by atoms with E-state index in [0.29, 0.717) is 16.1 Å². The van der Waals surface area contributed by atoms with Gasteiger partial charge in [0.25, 0.3) is 0 Å². The van der Waals surface area contributed by atoms with Crippen LogP contribution < -0.4 is 4.72 Å². The van der Waals surface area contributed by atoms with Crippen LogP contribution >= 0.6 is 11.6 Å². The first kappa shape index (κ1) is 17.9. The topological polar surface area (TPSA) is 66.4 Å². The Morgan fingerprint density at radius 1 is 1.04 bits per heavy atom. The van der Waals surface area contributed by atoms with Crippen LogP contribution in [0.2, 0.25) is 5.02 Å². The average molecular weight is 376 g/mol. The number of aliphatic hydroxyl groups excluding tert-OH is 1. The third-order valence-corrected chi connectivity index (χ3v) is 6.13. The van der Waals surface area contributed by atoms with E-state index in [9.17, 15) is 13.5 Å². The van der Waals surface area contributed by atoms with Crippen LogP contribution in [0.15, 0.2) is 65.6 Å². The summed E-state index contributed by atoms with van der Waals surface area (Å²) in [5.74, 6) is 0. The lowest BCUT2D eigenvalue weighted by Crippen LogP contribution is -2.29. The molecule has 130 valence electrons. The van der Waals surface area contributed by atoms with E-state index in [0.717, 1.165) is 10.8 Å². The van der Waals surface area contributed by atoms with Gasteiger partial charge < -0.3 is 5.11 Å². The van der Waals surface area contributed by atoms with Crippen molar-refractivity contribution in [3.63, 3.8) is 0 Å². The highest BCUT2D eigenvalue weighted by atomic mass is 35.5. The molecule has 0 radical (unpaired) electrons. The molecule has 6 heteroatoms. The van der Waals surface area contributed by atoms with Crippen molar-refractivity contribution in [3.05, 3.63) is 76.8 Å². The third kappa shape index (κ3) is 3.70. The zero-order valence-corrected chi connectivity index (χ0v) is 15.2. The maximum atomic E-state index is 12.5. The van der Waals surface area contributed by atoms with Crippen LogP contribution in [0.5, 0.6) is 0 Å². The highest BCUT2D eigenvalue weighted by molar-refractivity contribution is 7.89. The highest BCUT2D eigenvalue weighted by Crippen LogP contribution is 2.25. The minimum absolute atomic E-state index is 0.116. The van der Waals surface area contributed by atoms with Crippen molar-refractivity contribution in [2.75, 3.05) is 6.54 Å². The fraction of sp³-hybridized carbons (Fsp3) is 0.158. The first-order valence-electron chi connectivity index (χ1n) is 7.80. The molecule has 0 saturated heterocycles. The smallest absolute Gasteiger partial charge is 0.240 e. The van der Waals surface area contributed by atoms with Crippen molar-refractivity contribution in [2.45, 2.75) is 17.9 Å². The predicted molar refractivity (Wildman–Crippen MR) is 100 cm³/mol. The molecule has 25 heavy (non-hydrogen) atoms. The molecule has 0 fully saturated rings. The molecular formula is C19H18ClNO3S. The summed E-state index contributed by atoms with van der Waals surface area (Å²) >= 11 is 6.00. The molecular weight excluding hydrogens is 358 g/mol. The van der Waals surface area contributed by atoms with Gasteiger partial charge in [-0.05, 0) is 41.0 Å². The summed E-state index contributed by atoms with van der Waals surface area (Å²) in [6, 6.07) is 18.0. The van der Waals surface area contributed by atoms with E-state index < -0.39 is 16.1 Å². The quantitative estimate of drug-likeness (QED) is 0.712. The molecule has 1 unspecified atom stereocenters. The van der Waals surface area contributed by atoms with E-state index in [1.165, 1.54) is 6.07 Å². The molecule has 0 aliphatic rings. The molecule has 3 aromatic carbocycles. The normalized spacial score (nSPS) is 13.1. The number of aliphatic hydroxyl groups is 1. The SMILES string of the molecule is Cc1c(Cl)cccc1S(=O)(=O)NCC(O)c1cccc2ccccc12. The summed E-state index contributed by atoms with van der Waals surface area (Å²) in [5.41, 5.74) is 1.17. The van der Waals surface area contributed by atoms with Crippen molar-refractivity contribution in [2.24, 2.45) is 0 Å².